The number of hydrogen-bond donors (Lipinski definition) is 1. The van der Waals surface area contributed by atoms with E-state index >= 15 is 0 Å². The van der Waals surface area contributed by atoms with E-state index in [1.54, 1.807) is 13.2 Å². The summed E-state index contributed by atoms with van der Waals surface area (Å²) in [5.74, 6) is 1.37. The number of carbonyl (C=O) groups is 1. The lowest BCUT2D eigenvalue weighted by molar-refractivity contribution is -0.121. The molecule has 0 unspecified atom stereocenters. The lowest BCUT2D eigenvalue weighted by Crippen LogP contribution is -2.24. The molecular formula is C17H18ClNO3. The third-order valence-corrected chi connectivity index (χ3v) is 3.43. The zero-order chi connectivity index (χ0) is 15.8. The summed E-state index contributed by atoms with van der Waals surface area (Å²) in [6, 6.07) is 14.8. The van der Waals surface area contributed by atoms with E-state index in [2.05, 4.69) is 5.32 Å². The van der Waals surface area contributed by atoms with Gasteiger partial charge in [0.15, 0.2) is 0 Å². The number of halogens is 1. The van der Waals surface area contributed by atoms with Gasteiger partial charge in [-0.15, -0.1) is 0 Å². The highest BCUT2D eigenvalue weighted by Crippen LogP contribution is 2.22. The van der Waals surface area contributed by atoms with Crippen LogP contribution < -0.4 is 14.8 Å². The van der Waals surface area contributed by atoms with Gasteiger partial charge in [0.1, 0.15) is 11.5 Å². The molecule has 0 spiro atoms. The Morgan fingerprint density at radius 3 is 2.59 bits per heavy atom. The zero-order valence-corrected chi connectivity index (χ0v) is 13.1. The van der Waals surface area contributed by atoms with E-state index in [0.29, 0.717) is 30.3 Å². The van der Waals surface area contributed by atoms with Gasteiger partial charge in [-0.1, -0.05) is 35.9 Å². The van der Waals surface area contributed by atoms with E-state index in [9.17, 15) is 4.79 Å². The maximum absolute atomic E-state index is 11.8. The Labute approximate surface area is 135 Å². The minimum atomic E-state index is -0.0807. The number of nitrogens with one attached hydrogen (secondary N) is 1. The molecule has 2 aromatic carbocycles. The molecule has 0 bridgehead atoms. The number of para-hydroxylation sites is 1. The van der Waals surface area contributed by atoms with Crippen LogP contribution in [0.4, 0.5) is 0 Å². The van der Waals surface area contributed by atoms with Crippen LogP contribution in [0.15, 0.2) is 48.5 Å². The Bertz CT molecular complexity index is 617. The number of hydrogen-bond acceptors (Lipinski definition) is 3. The van der Waals surface area contributed by atoms with Crippen molar-refractivity contribution in [2.24, 2.45) is 0 Å². The fourth-order valence-electron chi connectivity index (χ4n) is 1.86. The van der Waals surface area contributed by atoms with Crippen molar-refractivity contribution in [2.45, 2.75) is 13.0 Å². The fraction of sp³-hybridized carbons (Fsp3) is 0.235. The third-order valence-electron chi connectivity index (χ3n) is 3.08. The SMILES string of the molecule is COc1ccc(CNC(=O)CCOc2ccccc2)c(Cl)c1. The van der Waals surface area contributed by atoms with Crippen LogP contribution >= 0.6 is 11.6 Å². The van der Waals surface area contributed by atoms with Gasteiger partial charge in [0.2, 0.25) is 5.91 Å². The monoisotopic (exact) mass is 319 g/mol. The molecule has 22 heavy (non-hydrogen) atoms. The van der Waals surface area contributed by atoms with Crippen LogP contribution in [0.2, 0.25) is 5.02 Å². The standard InChI is InChI=1S/C17H18ClNO3/c1-21-15-8-7-13(16(18)11-15)12-19-17(20)9-10-22-14-5-3-2-4-6-14/h2-8,11H,9-10,12H2,1H3,(H,19,20). The van der Waals surface area contributed by atoms with Crippen molar-refractivity contribution >= 4 is 17.5 Å². The minimum absolute atomic E-state index is 0.0807. The zero-order valence-electron chi connectivity index (χ0n) is 12.3. The maximum atomic E-state index is 11.8. The number of benzene rings is 2. The molecule has 0 aliphatic rings. The molecule has 0 saturated heterocycles. The maximum Gasteiger partial charge on any atom is 0.223 e. The van der Waals surface area contributed by atoms with E-state index in [0.717, 1.165) is 11.3 Å². The number of amides is 1. The van der Waals surface area contributed by atoms with Gasteiger partial charge in [-0.2, -0.15) is 0 Å². The summed E-state index contributed by atoms with van der Waals surface area (Å²) in [6.45, 7) is 0.721. The van der Waals surface area contributed by atoms with E-state index < -0.39 is 0 Å². The first-order valence-electron chi connectivity index (χ1n) is 6.96. The summed E-state index contributed by atoms with van der Waals surface area (Å²) < 4.78 is 10.6. The normalized spacial score (nSPS) is 10.1. The Balaban J connectivity index is 1.73. The van der Waals surface area contributed by atoms with Crippen LogP contribution in [0.25, 0.3) is 0 Å². The fourth-order valence-corrected chi connectivity index (χ4v) is 2.10. The molecule has 0 aromatic heterocycles. The van der Waals surface area contributed by atoms with E-state index in [4.69, 9.17) is 21.1 Å². The van der Waals surface area contributed by atoms with Gasteiger partial charge in [-0.25, -0.2) is 0 Å². The molecule has 4 nitrogen and oxygen atoms in total. The molecule has 0 aliphatic carbocycles. The predicted octanol–water partition coefficient (Wildman–Crippen LogP) is 3.43. The average molecular weight is 320 g/mol. The second-order valence-corrected chi connectivity index (χ2v) is 5.05. The van der Waals surface area contributed by atoms with Gasteiger partial charge in [0.05, 0.1) is 20.1 Å². The number of ether oxygens (including phenoxy) is 2. The molecule has 0 heterocycles. The van der Waals surface area contributed by atoms with Crippen LogP contribution in [0, 0.1) is 0 Å². The number of rotatable bonds is 7. The second kappa shape index (κ2) is 8.29. The molecule has 0 atom stereocenters. The molecular weight excluding hydrogens is 302 g/mol. The lowest BCUT2D eigenvalue weighted by atomic mass is 10.2. The molecule has 0 radical (unpaired) electrons. The Kier molecular flexibility index (Phi) is 6.10. The van der Waals surface area contributed by atoms with Crippen LogP contribution in [0.3, 0.4) is 0 Å². The van der Waals surface area contributed by atoms with Gasteiger partial charge in [-0.3, -0.25) is 4.79 Å². The smallest absolute Gasteiger partial charge is 0.223 e. The Morgan fingerprint density at radius 2 is 1.91 bits per heavy atom. The van der Waals surface area contributed by atoms with Crippen molar-refractivity contribution in [2.75, 3.05) is 13.7 Å². The molecule has 1 amide bonds. The van der Waals surface area contributed by atoms with Crippen molar-refractivity contribution in [3.05, 3.63) is 59.1 Å². The lowest BCUT2D eigenvalue weighted by Gasteiger charge is -2.09. The Hall–Kier alpha value is -2.20. The first kappa shape index (κ1) is 16.2. The first-order chi connectivity index (χ1) is 10.7. The van der Waals surface area contributed by atoms with Crippen LogP contribution in [0.1, 0.15) is 12.0 Å². The summed E-state index contributed by atoms with van der Waals surface area (Å²) in [5.41, 5.74) is 0.847. The van der Waals surface area contributed by atoms with Crippen molar-refractivity contribution in [1.29, 1.82) is 0 Å². The van der Waals surface area contributed by atoms with E-state index in [-0.39, 0.29) is 5.91 Å². The molecule has 0 saturated carbocycles. The summed E-state index contributed by atoms with van der Waals surface area (Å²) in [6.07, 6.45) is 0.294. The number of methoxy groups -OCH3 is 1. The molecule has 1 N–H and O–H groups in total. The molecule has 116 valence electrons. The predicted molar refractivity (Wildman–Crippen MR) is 86.4 cm³/mol. The van der Waals surface area contributed by atoms with Gasteiger partial charge in [0, 0.05) is 11.6 Å². The summed E-state index contributed by atoms with van der Waals surface area (Å²) in [7, 11) is 1.58. The molecule has 5 heteroatoms. The Morgan fingerprint density at radius 1 is 1.14 bits per heavy atom. The molecule has 2 rings (SSSR count). The second-order valence-electron chi connectivity index (χ2n) is 4.65. The first-order valence-corrected chi connectivity index (χ1v) is 7.34. The van der Waals surface area contributed by atoms with E-state index in [1.165, 1.54) is 0 Å². The van der Waals surface area contributed by atoms with Gasteiger partial charge in [-0.05, 0) is 29.8 Å². The topological polar surface area (TPSA) is 47.6 Å². The highest BCUT2D eigenvalue weighted by atomic mass is 35.5. The van der Waals surface area contributed by atoms with Gasteiger partial charge >= 0.3 is 0 Å². The van der Waals surface area contributed by atoms with Gasteiger partial charge in [0.25, 0.3) is 0 Å². The van der Waals surface area contributed by atoms with Crippen LogP contribution in [-0.2, 0) is 11.3 Å². The quantitative estimate of drug-likeness (QED) is 0.850. The average Bonchev–Trinajstić information content (AvgIpc) is 2.54. The number of carbonyl (C=O) groups excluding carboxylic acids is 1. The minimum Gasteiger partial charge on any atom is -0.497 e. The molecule has 2 aromatic rings. The highest BCUT2D eigenvalue weighted by Gasteiger charge is 2.06. The summed E-state index contributed by atoms with van der Waals surface area (Å²) in [4.78, 5) is 11.8. The van der Waals surface area contributed by atoms with E-state index in [1.807, 2.05) is 42.5 Å². The largest absolute Gasteiger partial charge is 0.497 e. The molecule has 0 aliphatic heterocycles. The highest BCUT2D eigenvalue weighted by molar-refractivity contribution is 6.31. The third kappa shape index (κ3) is 4.97. The van der Waals surface area contributed by atoms with Crippen molar-refractivity contribution in [3.8, 4) is 11.5 Å². The van der Waals surface area contributed by atoms with Gasteiger partial charge < -0.3 is 14.8 Å². The summed E-state index contributed by atoms with van der Waals surface area (Å²) >= 11 is 6.12. The van der Waals surface area contributed by atoms with Crippen LogP contribution in [-0.4, -0.2) is 19.6 Å². The van der Waals surface area contributed by atoms with Crippen molar-refractivity contribution in [3.63, 3.8) is 0 Å². The van der Waals surface area contributed by atoms with Crippen LogP contribution in [0.5, 0.6) is 11.5 Å². The van der Waals surface area contributed by atoms with Crippen molar-refractivity contribution < 1.29 is 14.3 Å². The summed E-state index contributed by atoms with van der Waals surface area (Å²) in [5, 5.41) is 3.39. The molecule has 0 fully saturated rings. The van der Waals surface area contributed by atoms with Crippen molar-refractivity contribution in [1.82, 2.24) is 5.32 Å².